The molecule has 0 N–H and O–H groups in total. The highest BCUT2D eigenvalue weighted by Crippen LogP contribution is 2.23. The summed E-state index contributed by atoms with van der Waals surface area (Å²) in [5, 5.41) is 0. The van der Waals surface area contributed by atoms with Gasteiger partial charge in [0.25, 0.3) is 0 Å². The Balaban J connectivity index is 0.00000172. The average Bonchev–Trinajstić information content (AvgIpc) is 2.37. The summed E-state index contributed by atoms with van der Waals surface area (Å²) in [6.07, 6.45) is -3.87. The minimum atomic E-state index is -4.09. The molecule has 20 heavy (non-hydrogen) atoms. The predicted molar refractivity (Wildman–Crippen MR) is 72.5 cm³/mol. The maximum atomic E-state index is 13.3. The number of rotatable bonds is 6. The summed E-state index contributed by atoms with van der Waals surface area (Å²) >= 11 is 0. The molecule has 0 atom stereocenters. The Labute approximate surface area is 117 Å². The van der Waals surface area contributed by atoms with Gasteiger partial charge in [0.15, 0.2) is 11.6 Å². The van der Waals surface area contributed by atoms with Crippen molar-refractivity contribution in [3.63, 3.8) is 0 Å². The van der Waals surface area contributed by atoms with Crippen LogP contribution >= 0.6 is 0 Å². The number of unbranched alkanes of at least 4 members (excludes halogenated alkanes) is 2. The van der Waals surface area contributed by atoms with Crippen molar-refractivity contribution in [3.05, 3.63) is 29.6 Å². The molecule has 0 aliphatic carbocycles. The van der Waals surface area contributed by atoms with Crippen LogP contribution in [0, 0.1) is 12.7 Å². The first-order valence-electron chi connectivity index (χ1n) is 6.84. The van der Waals surface area contributed by atoms with Crippen molar-refractivity contribution < 1.29 is 22.3 Å². The summed E-state index contributed by atoms with van der Waals surface area (Å²) in [6, 6.07) is 4.61. The quantitative estimate of drug-likeness (QED) is 0.486. The molecule has 1 aromatic carbocycles. The molecule has 0 aliphatic rings. The molecule has 0 fully saturated rings. The van der Waals surface area contributed by atoms with Crippen molar-refractivity contribution in [1.29, 1.82) is 0 Å². The first-order chi connectivity index (χ1) is 9.38. The third kappa shape index (κ3) is 8.77. The van der Waals surface area contributed by atoms with E-state index in [-0.39, 0.29) is 18.8 Å². The van der Waals surface area contributed by atoms with E-state index in [2.05, 4.69) is 0 Å². The Morgan fingerprint density at radius 3 is 2.25 bits per heavy atom. The van der Waals surface area contributed by atoms with Gasteiger partial charge in [-0.25, -0.2) is 4.39 Å². The second kappa shape index (κ2) is 9.61. The molecule has 5 heteroatoms. The standard InChI is InChI=1S/C13H16F4O.C2H6/c1-10-5-6-12(11(14)9-10)18-8-4-2-3-7-13(15,16)17;1-2/h5-6,9H,2-4,7-8H2,1H3;1-2H3. The summed E-state index contributed by atoms with van der Waals surface area (Å²) in [7, 11) is 0. The highest BCUT2D eigenvalue weighted by Gasteiger charge is 2.25. The zero-order valence-corrected chi connectivity index (χ0v) is 12.2. The lowest BCUT2D eigenvalue weighted by molar-refractivity contribution is -0.135. The highest BCUT2D eigenvalue weighted by atomic mass is 19.4. The van der Waals surface area contributed by atoms with Crippen LogP contribution in [0.4, 0.5) is 17.6 Å². The summed E-state index contributed by atoms with van der Waals surface area (Å²) < 4.78 is 54.0. The van der Waals surface area contributed by atoms with E-state index < -0.39 is 18.4 Å². The van der Waals surface area contributed by atoms with Crippen LogP contribution in [0.25, 0.3) is 0 Å². The first kappa shape index (κ1) is 18.7. The number of aryl methyl sites for hydroxylation is 1. The molecular formula is C15H22F4O. The SMILES string of the molecule is CC.Cc1ccc(OCCCCCC(F)(F)F)c(F)c1. The molecule has 0 aliphatic heterocycles. The Morgan fingerprint density at radius 1 is 1.05 bits per heavy atom. The van der Waals surface area contributed by atoms with Crippen molar-refractivity contribution in [2.24, 2.45) is 0 Å². The van der Waals surface area contributed by atoms with Crippen molar-refractivity contribution in [2.75, 3.05) is 6.61 Å². The van der Waals surface area contributed by atoms with Crippen LogP contribution in [0.3, 0.4) is 0 Å². The second-order valence-corrected chi connectivity index (χ2v) is 4.21. The molecule has 0 saturated carbocycles. The first-order valence-corrected chi connectivity index (χ1v) is 6.84. The van der Waals surface area contributed by atoms with Gasteiger partial charge in [0.05, 0.1) is 6.61 Å². The van der Waals surface area contributed by atoms with E-state index in [9.17, 15) is 17.6 Å². The van der Waals surface area contributed by atoms with Crippen LogP contribution in [0.2, 0.25) is 0 Å². The summed E-state index contributed by atoms with van der Waals surface area (Å²) in [6.45, 7) is 6.00. The van der Waals surface area contributed by atoms with E-state index in [0.717, 1.165) is 5.56 Å². The molecule has 0 amide bonds. The van der Waals surface area contributed by atoms with Crippen LogP contribution < -0.4 is 4.74 Å². The van der Waals surface area contributed by atoms with Gasteiger partial charge in [0, 0.05) is 6.42 Å². The minimum absolute atomic E-state index is 0.0865. The van der Waals surface area contributed by atoms with Crippen molar-refractivity contribution in [3.8, 4) is 5.75 Å². The van der Waals surface area contributed by atoms with Crippen LogP contribution in [0.1, 0.15) is 45.1 Å². The molecule has 0 saturated heterocycles. The highest BCUT2D eigenvalue weighted by molar-refractivity contribution is 5.28. The molecular weight excluding hydrogens is 272 g/mol. The van der Waals surface area contributed by atoms with Crippen molar-refractivity contribution in [2.45, 2.75) is 52.6 Å². The van der Waals surface area contributed by atoms with Gasteiger partial charge >= 0.3 is 6.18 Å². The fourth-order valence-corrected chi connectivity index (χ4v) is 1.51. The minimum Gasteiger partial charge on any atom is -0.491 e. The molecule has 0 heterocycles. The maximum Gasteiger partial charge on any atom is 0.389 e. The van der Waals surface area contributed by atoms with E-state index in [1.165, 1.54) is 12.1 Å². The number of ether oxygens (including phenoxy) is 1. The monoisotopic (exact) mass is 294 g/mol. The summed E-state index contributed by atoms with van der Waals surface area (Å²) in [4.78, 5) is 0. The van der Waals surface area contributed by atoms with E-state index in [4.69, 9.17) is 4.74 Å². The topological polar surface area (TPSA) is 9.23 Å². The van der Waals surface area contributed by atoms with Gasteiger partial charge in [0.2, 0.25) is 0 Å². The zero-order chi connectivity index (χ0) is 15.6. The number of hydrogen-bond donors (Lipinski definition) is 0. The number of benzene rings is 1. The third-order valence-corrected chi connectivity index (χ3v) is 2.45. The van der Waals surface area contributed by atoms with Crippen LogP contribution in [0.15, 0.2) is 18.2 Å². The summed E-state index contributed by atoms with van der Waals surface area (Å²) in [5.74, 6) is -0.290. The molecule has 116 valence electrons. The molecule has 1 aromatic rings. The van der Waals surface area contributed by atoms with Gasteiger partial charge in [-0.05, 0) is 43.9 Å². The molecule has 0 bridgehead atoms. The Morgan fingerprint density at radius 2 is 1.70 bits per heavy atom. The van der Waals surface area contributed by atoms with Gasteiger partial charge in [-0.2, -0.15) is 13.2 Å². The molecule has 1 rings (SSSR count). The average molecular weight is 294 g/mol. The van der Waals surface area contributed by atoms with E-state index in [0.29, 0.717) is 12.8 Å². The molecule has 0 radical (unpaired) electrons. The Hall–Kier alpha value is -1.26. The lowest BCUT2D eigenvalue weighted by Crippen LogP contribution is -2.07. The Bertz CT molecular complexity index is 375. The van der Waals surface area contributed by atoms with Gasteiger partial charge in [0.1, 0.15) is 0 Å². The van der Waals surface area contributed by atoms with E-state index in [1.54, 1.807) is 13.0 Å². The van der Waals surface area contributed by atoms with Gasteiger partial charge in [-0.15, -0.1) is 0 Å². The lowest BCUT2D eigenvalue weighted by Gasteiger charge is -2.08. The van der Waals surface area contributed by atoms with E-state index >= 15 is 0 Å². The van der Waals surface area contributed by atoms with Crippen LogP contribution in [-0.2, 0) is 0 Å². The molecule has 1 nitrogen and oxygen atoms in total. The zero-order valence-electron chi connectivity index (χ0n) is 12.2. The maximum absolute atomic E-state index is 13.3. The molecule has 0 aromatic heterocycles. The lowest BCUT2D eigenvalue weighted by atomic mass is 10.2. The van der Waals surface area contributed by atoms with Crippen LogP contribution in [0.5, 0.6) is 5.75 Å². The third-order valence-electron chi connectivity index (χ3n) is 2.45. The van der Waals surface area contributed by atoms with Gasteiger partial charge < -0.3 is 4.74 Å². The van der Waals surface area contributed by atoms with Crippen molar-refractivity contribution >= 4 is 0 Å². The second-order valence-electron chi connectivity index (χ2n) is 4.21. The van der Waals surface area contributed by atoms with Crippen LogP contribution in [-0.4, -0.2) is 12.8 Å². The van der Waals surface area contributed by atoms with Crippen molar-refractivity contribution in [1.82, 2.24) is 0 Å². The molecule has 0 spiro atoms. The van der Waals surface area contributed by atoms with Gasteiger partial charge in [-0.3, -0.25) is 0 Å². The number of halogens is 4. The smallest absolute Gasteiger partial charge is 0.389 e. The van der Waals surface area contributed by atoms with Gasteiger partial charge in [-0.1, -0.05) is 19.9 Å². The molecule has 0 unspecified atom stereocenters. The normalized spacial score (nSPS) is 10.8. The predicted octanol–water partition coefficient (Wildman–Crippen LogP) is 5.66. The summed E-state index contributed by atoms with van der Waals surface area (Å²) in [5.41, 5.74) is 0.796. The number of alkyl halides is 3. The number of hydrogen-bond acceptors (Lipinski definition) is 1. The fourth-order valence-electron chi connectivity index (χ4n) is 1.51. The van der Waals surface area contributed by atoms with E-state index in [1.807, 2.05) is 13.8 Å². The fraction of sp³-hybridized carbons (Fsp3) is 0.600. The Kier molecular flexibility index (Phi) is 9.01. The largest absolute Gasteiger partial charge is 0.491 e.